The van der Waals surface area contributed by atoms with Crippen molar-refractivity contribution >= 4 is 32.7 Å². The molecule has 3 N–H and O–H groups in total. The predicted octanol–water partition coefficient (Wildman–Crippen LogP) is 1.58. The number of carbonyl (C=O) groups is 2. The van der Waals surface area contributed by atoms with Crippen LogP contribution in [0.4, 0.5) is 10.5 Å². The lowest BCUT2D eigenvalue weighted by molar-refractivity contribution is -0.115. The lowest BCUT2D eigenvalue weighted by Gasteiger charge is -2.16. The Labute approximate surface area is 157 Å². The maximum atomic E-state index is 12.1. The van der Waals surface area contributed by atoms with Crippen LogP contribution in [0.5, 0.6) is 0 Å². The molecule has 142 valence electrons. The fourth-order valence-corrected chi connectivity index (χ4v) is 2.83. The van der Waals surface area contributed by atoms with Gasteiger partial charge in [0, 0.05) is 25.3 Å². The number of benzene rings is 2. The number of hydrogen-bond donors (Lipinski definition) is 2. The van der Waals surface area contributed by atoms with E-state index in [9.17, 15) is 18.0 Å². The van der Waals surface area contributed by atoms with Gasteiger partial charge in [0.05, 0.1) is 6.42 Å². The average molecular weight is 388 g/mol. The summed E-state index contributed by atoms with van der Waals surface area (Å²) in [5.41, 5.74) is 6.73. The Morgan fingerprint density at radius 3 is 2.15 bits per heavy atom. The van der Waals surface area contributed by atoms with Gasteiger partial charge < -0.3 is 16.0 Å². The number of sulfonamides is 1. The van der Waals surface area contributed by atoms with Crippen LogP contribution in [0.2, 0.25) is 0 Å². The number of amides is 2. The normalized spacial score (nSPS) is 11.7. The maximum Gasteiger partial charge on any atom is 0.356 e. The lowest BCUT2D eigenvalue weighted by Crippen LogP contribution is -2.28. The van der Waals surface area contributed by atoms with Crippen LogP contribution >= 0.6 is 0 Å². The van der Waals surface area contributed by atoms with Crippen molar-refractivity contribution in [2.45, 2.75) is 6.42 Å². The van der Waals surface area contributed by atoms with Gasteiger partial charge in [0.15, 0.2) is 0 Å². The van der Waals surface area contributed by atoms with E-state index in [2.05, 4.69) is 9.71 Å². The van der Waals surface area contributed by atoms with Gasteiger partial charge in [-0.05, 0) is 29.8 Å². The number of nitrogens with two attached hydrogens (primary N) is 1. The lowest BCUT2D eigenvalue weighted by atomic mass is 10.1. The summed E-state index contributed by atoms with van der Waals surface area (Å²) in [6, 6.07) is 15.7. The number of nitrogens with one attached hydrogen (secondary N) is 1. The van der Waals surface area contributed by atoms with Gasteiger partial charge in [-0.25, -0.2) is 0 Å². The fraction of sp³-hybridized carbons (Fsp3) is 0.167. The molecular formula is C18H20N4O4S. The first-order valence-corrected chi connectivity index (χ1v) is 9.39. The summed E-state index contributed by atoms with van der Waals surface area (Å²) in [6.07, 6.45) is 0.240. The molecule has 2 aromatic rings. The predicted molar refractivity (Wildman–Crippen MR) is 104 cm³/mol. The zero-order chi connectivity index (χ0) is 20.0. The second-order valence-electron chi connectivity index (χ2n) is 5.89. The van der Waals surface area contributed by atoms with Crippen LogP contribution in [0.3, 0.4) is 0 Å². The van der Waals surface area contributed by atoms with Gasteiger partial charge in [0.25, 0.3) is 0 Å². The highest BCUT2D eigenvalue weighted by molar-refractivity contribution is 8.04. The molecule has 0 aliphatic heterocycles. The molecule has 9 heteroatoms. The van der Waals surface area contributed by atoms with Crippen molar-refractivity contribution in [3.8, 4) is 0 Å². The molecule has 0 radical (unpaired) electrons. The molecule has 0 bridgehead atoms. The summed E-state index contributed by atoms with van der Waals surface area (Å²) in [7, 11) is -1.26. The molecule has 0 saturated carbocycles. The second kappa shape index (κ2) is 8.45. The van der Waals surface area contributed by atoms with E-state index in [0.717, 1.165) is 5.56 Å². The number of primary amides is 1. The minimum Gasteiger partial charge on any atom is -0.362 e. The largest absolute Gasteiger partial charge is 0.362 e. The Kier molecular flexibility index (Phi) is 6.30. The Morgan fingerprint density at radius 2 is 1.63 bits per heavy atom. The number of rotatable bonds is 5. The molecule has 0 fully saturated rings. The molecule has 8 nitrogen and oxygen atoms in total. The van der Waals surface area contributed by atoms with Crippen molar-refractivity contribution in [1.29, 1.82) is 0 Å². The average Bonchev–Trinajstić information content (AvgIpc) is 2.61. The van der Waals surface area contributed by atoms with Gasteiger partial charge in [0.2, 0.25) is 5.91 Å². The molecule has 0 unspecified atom stereocenters. The summed E-state index contributed by atoms with van der Waals surface area (Å²) >= 11 is 0. The third kappa shape index (κ3) is 5.65. The van der Waals surface area contributed by atoms with Crippen molar-refractivity contribution in [3.63, 3.8) is 0 Å². The van der Waals surface area contributed by atoms with E-state index in [1.54, 1.807) is 38.4 Å². The summed E-state index contributed by atoms with van der Waals surface area (Å²) in [6.45, 7) is 0. The molecule has 0 heterocycles. The van der Waals surface area contributed by atoms with Gasteiger partial charge in [0.1, 0.15) is 5.84 Å². The van der Waals surface area contributed by atoms with Crippen LogP contribution in [0.1, 0.15) is 11.1 Å². The molecule has 2 aromatic carbocycles. The second-order valence-corrected chi connectivity index (χ2v) is 7.43. The topological polar surface area (TPSA) is 122 Å². The third-order valence-electron chi connectivity index (χ3n) is 3.52. The Balaban J connectivity index is 2.16. The van der Waals surface area contributed by atoms with E-state index in [1.807, 2.05) is 30.3 Å². The van der Waals surface area contributed by atoms with E-state index >= 15 is 0 Å². The van der Waals surface area contributed by atoms with E-state index < -0.39 is 15.3 Å². The Morgan fingerprint density at radius 1 is 1.04 bits per heavy atom. The molecule has 0 aliphatic rings. The first-order chi connectivity index (χ1) is 12.7. The van der Waals surface area contributed by atoms with Crippen LogP contribution < -0.4 is 11.1 Å². The standard InChI is InChI=1S/C18H20N4O4S/c1-22(2)17(21-27(25,26)18(19)24)14-8-10-15(11-9-14)20-16(23)12-13-6-4-3-5-7-13/h3-11H,12H2,1-2H3,(H2,19,24)(H,20,23). The monoisotopic (exact) mass is 388 g/mol. The molecule has 0 saturated heterocycles. The van der Waals surface area contributed by atoms with Crippen molar-refractivity contribution in [2.75, 3.05) is 19.4 Å². The van der Waals surface area contributed by atoms with Crippen molar-refractivity contribution < 1.29 is 18.0 Å². The summed E-state index contributed by atoms with van der Waals surface area (Å²) in [5, 5.41) is 1.25. The maximum absolute atomic E-state index is 12.1. The van der Waals surface area contributed by atoms with Gasteiger partial charge in [-0.1, -0.05) is 30.3 Å². The van der Waals surface area contributed by atoms with Crippen LogP contribution in [0.25, 0.3) is 0 Å². The summed E-state index contributed by atoms with van der Waals surface area (Å²) < 4.78 is 26.8. The van der Waals surface area contributed by atoms with E-state index in [1.165, 1.54) is 4.90 Å². The fourth-order valence-electron chi connectivity index (χ4n) is 2.24. The first-order valence-electron chi connectivity index (χ1n) is 7.95. The van der Waals surface area contributed by atoms with Crippen LogP contribution in [-0.2, 0) is 21.2 Å². The molecule has 27 heavy (non-hydrogen) atoms. The van der Waals surface area contributed by atoms with Crippen LogP contribution in [-0.4, -0.2) is 44.4 Å². The molecule has 2 amide bonds. The van der Waals surface area contributed by atoms with Crippen molar-refractivity contribution in [2.24, 2.45) is 10.1 Å². The molecule has 0 atom stereocenters. The first kappa shape index (κ1) is 20.1. The molecule has 2 rings (SSSR count). The Bertz CT molecular complexity index is 953. The highest BCUT2D eigenvalue weighted by Crippen LogP contribution is 2.13. The molecular weight excluding hydrogens is 368 g/mol. The van der Waals surface area contributed by atoms with E-state index in [0.29, 0.717) is 11.3 Å². The Hall–Kier alpha value is -3.20. The summed E-state index contributed by atoms with van der Waals surface area (Å²) in [5.74, 6) is -0.122. The smallest absolute Gasteiger partial charge is 0.356 e. The third-order valence-corrected chi connectivity index (χ3v) is 4.44. The van der Waals surface area contributed by atoms with Crippen molar-refractivity contribution in [1.82, 2.24) is 4.90 Å². The zero-order valence-corrected chi connectivity index (χ0v) is 15.7. The van der Waals surface area contributed by atoms with Gasteiger partial charge in [-0.15, -0.1) is 4.40 Å². The summed E-state index contributed by atoms with van der Waals surface area (Å²) in [4.78, 5) is 24.5. The van der Waals surface area contributed by atoms with Crippen molar-refractivity contribution in [3.05, 3.63) is 65.7 Å². The number of amidine groups is 1. The number of nitrogens with zero attached hydrogens (tertiary/aromatic N) is 2. The van der Waals surface area contributed by atoms with Gasteiger partial charge in [-0.2, -0.15) is 8.42 Å². The van der Waals surface area contributed by atoms with Gasteiger partial charge in [-0.3, -0.25) is 9.59 Å². The minimum absolute atomic E-state index is 0.0518. The number of anilines is 1. The highest BCUT2D eigenvalue weighted by atomic mass is 32.2. The highest BCUT2D eigenvalue weighted by Gasteiger charge is 2.20. The number of carbonyl (C=O) groups excluding carboxylic acids is 2. The zero-order valence-electron chi connectivity index (χ0n) is 14.9. The molecule has 0 spiro atoms. The molecule has 0 aromatic heterocycles. The SMILES string of the molecule is CN(C)C(=NS(=O)(=O)C(N)=O)c1ccc(NC(=O)Cc2ccccc2)cc1. The molecule has 0 aliphatic carbocycles. The number of hydrogen-bond acceptors (Lipinski definition) is 4. The van der Waals surface area contributed by atoms with Gasteiger partial charge >= 0.3 is 15.3 Å². The van der Waals surface area contributed by atoms with E-state index in [-0.39, 0.29) is 18.2 Å². The minimum atomic E-state index is -4.44. The quantitative estimate of drug-likeness (QED) is 0.595. The van der Waals surface area contributed by atoms with E-state index in [4.69, 9.17) is 5.73 Å². The van der Waals surface area contributed by atoms with Crippen LogP contribution in [0.15, 0.2) is 59.0 Å². The van der Waals surface area contributed by atoms with Crippen LogP contribution in [0, 0.1) is 0 Å².